The van der Waals surface area contributed by atoms with Gasteiger partial charge in [-0.05, 0) is 55.3 Å². The molecule has 0 atom stereocenters. The van der Waals surface area contributed by atoms with E-state index in [9.17, 15) is 18.0 Å². The molecule has 1 saturated heterocycles. The van der Waals surface area contributed by atoms with Crippen LogP contribution in [0.3, 0.4) is 0 Å². The molecular formula is C23H22ClN3O5S. The Kier molecular flexibility index (Phi) is 6.71. The van der Waals surface area contributed by atoms with Gasteiger partial charge in [-0.25, -0.2) is 8.42 Å². The van der Waals surface area contributed by atoms with Crippen LogP contribution in [0.4, 0.5) is 5.69 Å². The van der Waals surface area contributed by atoms with E-state index in [-0.39, 0.29) is 34.0 Å². The summed E-state index contributed by atoms with van der Waals surface area (Å²) in [5.41, 5.74) is 0.892. The Hall–Kier alpha value is -3.30. The first kappa shape index (κ1) is 22.9. The molecule has 1 aromatic heterocycles. The standard InChI is InChI=1S/C23H22ClN3O5S/c24-17-5-7-19(8-6-17)33(30,31)26-21-4-2-1-3-20(21)22(28)25-18-9-12-27(13-10-18)23(29)16-11-14-32-15-16/h1-8,11,14-15,18,26H,9-10,12-13H2,(H,25,28). The molecule has 10 heteroatoms. The van der Waals surface area contributed by atoms with Crippen molar-refractivity contribution in [3.8, 4) is 0 Å². The van der Waals surface area contributed by atoms with Crippen molar-refractivity contribution in [3.63, 3.8) is 0 Å². The van der Waals surface area contributed by atoms with Gasteiger partial charge < -0.3 is 14.6 Å². The molecule has 0 aliphatic carbocycles. The minimum absolute atomic E-state index is 0.0387. The van der Waals surface area contributed by atoms with Crippen molar-refractivity contribution in [2.75, 3.05) is 17.8 Å². The van der Waals surface area contributed by atoms with Crippen LogP contribution in [0, 0.1) is 0 Å². The van der Waals surface area contributed by atoms with Crippen LogP contribution in [-0.4, -0.2) is 44.3 Å². The Labute approximate surface area is 196 Å². The lowest BCUT2D eigenvalue weighted by atomic mass is 10.0. The van der Waals surface area contributed by atoms with E-state index in [0.29, 0.717) is 36.5 Å². The van der Waals surface area contributed by atoms with Crippen LogP contribution in [0.2, 0.25) is 5.02 Å². The lowest BCUT2D eigenvalue weighted by Gasteiger charge is -2.32. The number of nitrogens with zero attached hydrogens (tertiary/aromatic N) is 1. The summed E-state index contributed by atoms with van der Waals surface area (Å²) in [6, 6.07) is 13.7. The third-order valence-corrected chi connectivity index (χ3v) is 7.06. The van der Waals surface area contributed by atoms with Gasteiger partial charge in [0.2, 0.25) is 0 Å². The minimum atomic E-state index is -3.90. The van der Waals surface area contributed by atoms with Crippen LogP contribution in [0.1, 0.15) is 33.6 Å². The number of amides is 2. The molecule has 2 heterocycles. The number of anilines is 1. The molecule has 3 aromatic rings. The number of furan rings is 1. The molecule has 0 saturated carbocycles. The van der Waals surface area contributed by atoms with Gasteiger partial charge in [0.1, 0.15) is 6.26 Å². The Morgan fingerprint density at radius 3 is 2.36 bits per heavy atom. The number of benzene rings is 2. The van der Waals surface area contributed by atoms with Crippen LogP contribution in [0.5, 0.6) is 0 Å². The van der Waals surface area contributed by atoms with Crippen LogP contribution < -0.4 is 10.0 Å². The fourth-order valence-corrected chi connectivity index (χ4v) is 4.85. The van der Waals surface area contributed by atoms with Gasteiger partial charge in [-0.1, -0.05) is 23.7 Å². The third kappa shape index (κ3) is 5.37. The molecule has 0 radical (unpaired) electrons. The summed E-state index contributed by atoms with van der Waals surface area (Å²) in [5, 5.41) is 3.38. The Balaban J connectivity index is 1.40. The van der Waals surface area contributed by atoms with Gasteiger partial charge in [-0.3, -0.25) is 14.3 Å². The summed E-state index contributed by atoms with van der Waals surface area (Å²) in [6.45, 7) is 1.000. The zero-order valence-corrected chi connectivity index (χ0v) is 19.1. The normalized spacial score (nSPS) is 14.6. The number of nitrogens with one attached hydrogen (secondary N) is 2. The van der Waals surface area contributed by atoms with E-state index in [1.54, 1.807) is 29.2 Å². The Morgan fingerprint density at radius 2 is 1.70 bits per heavy atom. The molecule has 8 nitrogen and oxygen atoms in total. The van der Waals surface area contributed by atoms with Crippen molar-refractivity contribution < 1.29 is 22.4 Å². The number of para-hydroxylation sites is 1. The average Bonchev–Trinajstić information content (AvgIpc) is 3.34. The minimum Gasteiger partial charge on any atom is -0.472 e. The number of likely N-dealkylation sites (tertiary alicyclic amines) is 1. The van der Waals surface area contributed by atoms with Crippen molar-refractivity contribution >= 4 is 39.1 Å². The molecule has 33 heavy (non-hydrogen) atoms. The van der Waals surface area contributed by atoms with Crippen molar-refractivity contribution in [3.05, 3.63) is 83.3 Å². The second-order valence-electron chi connectivity index (χ2n) is 7.66. The average molecular weight is 488 g/mol. The Morgan fingerprint density at radius 1 is 1.00 bits per heavy atom. The lowest BCUT2D eigenvalue weighted by Crippen LogP contribution is -2.46. The number of halogens is 1. The fourth-order valence-electron chi connectivity index (χ4n) is 3.65. The number of sulfonamides is 1. The first-order chi connectivity index (χ1) is 15.8. The van der Waals surface area contributed by atoms with E-state index in [0.717, 1.165) is 0 Å². The summed E-state index contributed by atoms with van der Waals surface area (Å²) >= 11 is 5.84. The first-order valence-corrected chi connectivity index (χ1v) is 12.2. The predicted octanol–water partition coefficient (Wildman–Crippen LogP) is 3.77. The van der Waals surface area contributed by atoms with Crippen LogP contribution >= 0.6 is 11.6 Å². The van der Waals surface area contributed by atoms with Crippen LogP contribution in [0.15, 0.2) is 76.4 Å². The molecule has 1 aliphatic rings. The lowest BCUT2D eigenvalue weighted by molar-refractivity contribution is 0.0697. The van der Waals surface area contributed by atoms with Gasteiger partial charge >= 0.3 is 0 Å². The van der Waals surface area contributed by atoms with Crippen molar-refractivity contribution in [2.45, 2.75) is 23.8 Å². The largest absolute Gasteiger partial charge is 0.472 e. The fraction of sp³-hybridized carbons (Fsp3) is 0.217. The molecule has 2 N–H and O–H groups in total. The maximum atomic E-state index is 12.9. The van der Waals surface area contributed by atoms with Crippen LogP contribution in [-0.2, 0) is 10.0 Å². The number of hydrogen-bond acceptors (Lipinski definition) is 5. The van der Waals surface area contributed by atoms with Gasteiger partial charge in [-0.15, -0.1) is 0 Å². The van der Waals surface area contributed by atoms with Gasteiger partial charge in [0.05, 0.1) is 28.0 Å². The van der Waals surface area contributed by atoms with Crippen molar-refractivity contribution in [1.82, 2.24) is 10.2 Å². The predicted molar refractivity (Wildman–Crippen MR) is 124 cm³/mol. The molecule has 0 unspecified atom stereocenters. The zero-order chi connectivity index (χ0) is 23.4. The van der Waals surface area contributed by atoms with Gasteiger partial charge in [0, 0.05) is 24.2 Å². The monoisotopic (exact) mass is 487 g/mol. The maximum absolute atomic E-state index is 12.9. The summed E-state index contributed by atoms with van der Waals surface area (Å²) in [7, 11) is -3.90. The number of rotatable bonds is 6. The molecule has 0 spiro atoms. The van der Waals surface area contributed by atoms with Gasteiger partial charge in [0.25, 0.3) is 21.8 Å². The molecular weight excluding hydrogens is 466 g/mol. The smallest absolute Gasteiger partial charge is 0.261 e. The topological polar surface area (TPSA) is 109 Å². The van der Waals surface area contributed by atoms with Gasteiger partial charge in [0.15, 0.2) is 0 Å². The van der Waals surface area contributed by atoms with E-state index in [4.69, 9.17) is 16.0 Å². The SMILES string of the molecule is O=C(NC1CCN(C(=O)c2ccoc2)CC1)c1ccccc1NS(=O)(=O)c1ccc(Cl)cc1. The van der Waals surface area contributed by atoms with Crippen molar-refractivity contribution in [2.24, 2.45) is 0 Å². The number of hydrogen-bond donors (Lipinski definition) is 2. The summed E-state index contributed by atoms with van der Waals surface area (Å²) in [6.07, 6.45) is 4.05. The number of carbonyl (C=O) groups is 2. The van der Waals surface area contributed by atoms with E-state index in [1.807, 2.05) is 0 Å². The highest BCUT2D eigenvalue weighted by atomic mass is 35.5. The van der Waals surface area contributed by atoms with Crippen LogP contribution in [0.25, 0.3) is 0 Å². The molecule has 0 bridgehead atoms. The second-order valence-corrected chi connectivity index (χ2v) is 9.78. The highest BCUT2D eigenvalue weighted by Crippen LogP contribution is 2.22. The van der Waals surface area contributed by atoms with Crippen molar-refractivity contribution in [1.29, 1.82) is 0 Å². The summed E-state index contributed by atoms with van der Waals surface area (Å²) in [4.78, 5) is 27.1. The Bertz CT molecular complexity index is 1240. The van der Waals surface area contributed by atoms with E-state index in [1.165, 1.54) is 42.9 Å². The number of carbonyl (C=O) groups excluding carboxylic acids is 2. The second kappa shape index (κ2) is 9.68. The van der Waals surface area contributed by atoms with Gasteiger partial charge in [-0.2, -0.15) is 0 Å². The van der Waals surface area contributed by atoms with E-state index < -0.39 is 10.0 Å². The molecule has 2 aromatic carbocycles. The third-order valence-electron chi connectivity index (χ3n) is 5.43. The highest BCUT2D eigenvalue weighted by Gasteiger charge is 2.26. The molecule has 1 fully saturated rings. The zero-order valence-electron chi connectivity index (χ0n) is 17.5. The maximum Gasteiger partial charge on any atom is 0.261 e. The first-order valence-electron chi connectivity index (χ1n) is 10.3. The summed E-state index contributed by atoms with van der Waals surface area (Å²) in [5.74, 6) is -0.487. The van der Waals surface area contributed by atoms with E-state index >= 15 is 0 Å². The molecule has 4 rings (SSSR count). The molecule has 2 amide bonds. The molecule has 1 aliphatic heterocycles. The number of piperidine rings is 1. The highest BCUT2D eigenvalue weighted by molar-refractivity contribution is 7.92. The molecule has 172 valence electrons. The van der Waals surface area contributed by atoms with E-state index in [2.05, 4.69) is 10.0 Å². The summed E-state index contributed by atoms with van der Waals surface area (Å²) < 4.78 is 32.9. The quantitative estimate of drug-likeness (QED) is 0.550.